The summed E-state index contributed by atoms with van der Waals surface area (Å²) >= 11 is 1.63. The molecular formula is C9H10N4S. The Morgan fingerprint density at radius 3 is 3.14 bits per heavy atom. The molecule has 0 spiro atoms. The molecule has 0 amide bonds. The summed E-state index contributed by atoms with van der Waals surface area (Å²) in [5.74, 6) is 0.527. The first-order valence-corrected chi connectivity index (χ1v) is 5.05. The largest absolute Gasteiger partial charge is 0.384 e. The minimum absolute atomic E-state index is 0.527. The van der Waals surface area contributed by atoms with Crippen LogP contribution in [0.5, 0.6) is 0 Å². The predicted octanol–water partition coefficient (Wildman–Crippen LogP) is 1.73. The van der Waals surface area contributed by atoms with E-state index >= 15 is 0 Å². The molecule has 4 nitrogen and oxygen atoms in total. The third-order valence-electron chi connectivity index (χ3n) is 1.73. The fraction of sp³-hybridized carbons (Fsp3) is 0.111. The summed E-state index contributed by atoms with van der Waals surface area (Å²) in [6.45, 7) is 0.772. The molecule has 3 N–H and O–H groups in total. The minimum Gasteiger partial charge on any atom is -0.384 e. The summed E-state index contributed by atoms with van der Waals surface area (Å²) in [5, 5.41) is 3.24. The molecule has 2 heterocycles. The van der Waals surface area contributed by atoms with Gasteiger partial charge < -0.3 is 11.1 Å². The van der Waals surface area contributed by atoms with Gasteiger partial charge in [0.2, 0.25) is 0 Å². The Kier molecular flexibility index (Phi) is 2.60. The maximum Gasteiger partial charge on any atom is 0.125 e. The van der Waals surface area contributed by atoms with E-state index in [9.17, 15) is 0 Å². The fourth-order valence-electron chi connectivity index (χ4n) is 1.08. The maximum atomic E-state index is 5.55. The highest BCUT2D eigenvalue weighted by Crippen LogP contribution is 2.12. The monoisotopic (exact) mass is 206 g/mol. The summed E-state index contributed by atoms with van der Waals surface area (Å²) < 4.78 is 0. The molecule has 2 aromatic heterocycles. The molecule has 5 heteroatoms. The Morgan fingerprint density at radius 2 is 2.43 bits per heavy atom. The zero-order valence-electron chi connectivity index (χ0n) is 7.47. The molecule has 0 radical (unpaired) electrons. The van der Waals surface area contributed by atoms with E-state index in [0.29, 0.717) is 5.82 Å². The molecule has 0 atom stereocenters. The van der Waals surface area contributed by atoms with Crippen LogP contribution in [0.2, 0.25) is 0 Å². The molecule has 0 saturated heterocycles. The first-order valence-electron chi connectivity index (χ1n) is 4.17. The fourth-order valence-corrected chi connectivity index (χ4v) is 1.61. The zero-order chi connectivity index (χ0) is 9.80. The highest BCUT2D eigenvalue weighted by Gasteiger charge is 1.95. The molecule has 0 aliphatic carbocycles. The number of nitrogens with one attached hydrogen (secondary N) is 1. The van der Waals surface area contributed by atoms with Crippen LogP contribution in [0.25, 0.3) is 0 Å². The number of pyridine rings is 1. The van der Waals surface area contributed by atoms with Crippen molar-refractivity contribution in [1.29, 1.82) is 0 Å². The van der Waals surface area contributed by atoms with Gasteiger partial charge in [-0.15, -0.1) is 11.3 Å². The van der Waals surface area contributed by atoms with Crippen LogP contribution in [-0.2, 0) is 6.54 Å². The smallest absolute Gasteiger partial charge is 0.125 e. The average Bonchev–Trinajstić information content (AvgIpc) is 2.67. The van der Waals surface area contributed by atoms with Crippen molar-refractivity contribution < 1.29 is 0 Å². The Morgan fingerprint density at radius 1 is 1.50 bits per heavy atom. The van der Waals surface area contributed by atoms with Crippen LogP contribution in [0.4, 0.5) is 11.5 Å². The Labute approximate surface area is 85.8 Å². The molecule has 0 saturated carbocycles. The number of thiazole rings is 1. The Hall–Kier alpha value is -1.62. The van der Waals surface area contributed by atoms with Gasteiger partial charge in [-0.3, -0.25) is 4.98 Å². The quantitative estimate of drug-likeness (QED) is 0.802. The van der Waals surface area contributed by atoms with Gasteiger partial charge in [0.25, 0.3) is 0 Å². The number of nitrogen functional groups attached to an aromatic ring is 1. The van der Waals surface area contributed by atoms with Gasteiger partial charge in [-0.2, -0.15) is 0 Å². The van der Waals surface area contributed by atoms with E-state index in [4.69, 9.17) is 5.73 Å². The van der Waals surface area contributed by atoms with Crippen LogP contribution in [0, 0.1) is 0 Å². The third-order valence-corrected chi connectivity index (χ3v) is 2.51. The third kappa shape index (κ3) is 2.20. The summed E-state index contributed by atoms with van der Waals surface area (Å²) in [5.41, 5.74) is 8.34. The van der Waals surface area contributed by atoms with E-state index in [1.54, 1.807) is 23.6 Å². The average molecular weight is 206 g/mol. The van der Waals surface area contributed by atoms with Gasteiger partial charge in [0.15, 0.2) is 0 Å². The summed E-state index contributed by atoms with van der Waals surface area (Å²) in [7, 11) is 0. The van der Waals surface area contributed by atoms with Crippen molar-refractivity contribution in [2.75, 3.05) is 11.1 Å². The van der Waals surface area contributed by atoms with Crippen LogP contribution in [0.1, 0.15) is 4.88 Å². The number of anilines is 2. The lowest BCUT2D eigenvalue weighted by molar-refractivity contribution is 1.17. The molecule has 72 valence electrons. The van der Waals surface area contributed by atoms with Crippen molar-refractivity contribution in [3.63, 3.8) is 0 Å². The van der Waals surface area contributed by atoms with Crippen LogP contribution >= 0.6 is 11.3 Å². The highest BCUT2D eigenvalue weighted by molar-refractivity contribution is 7.09. The SMILES string of the molecule is Nc1cc(NCc2cncs2)ccn1. The Bertz CT molecular complexity index is 399. The molecule has 0 aliphatic heterocycles. The highest BCUT2D eigenvalue weighted by atomic mass is 32.1. The summed E-state index contributed by atoms with van der Waals surface area (Å²) in [6, 6.07) is 3.69. The van der Waals surface area contributed by atoms with E-state index in [2.05, 4.69) is 15.3 Å². The lowest BCUT2D eigenvalue weighted by atomic mass is 10.4. The molecule has 0 unspecified atom stereocenters. The molecule has 14 heavy (non-hydrogen) atoms. The second kappa shape index (κ2) is 4.06. The number of nitrogens with two attached hydrogens (primary N) is 1. The second-order valence-electron chi connectivity index (χ2n) is 2.79. The van der Waals surface area contributed by atoms with Crippen molar-refractivity contribution in [2.45, 2.75) is 6.54 Å². The number of rotatable bonds is 3. The second-order valence-corrected chi connectivity index (χ2v) is 3.76. The van der Waals surface area contributed by atoms with Crippen molar-refractivity contribution in [1.82, 2.24) is 9.97 Å². The van der Waals surface area contributed by atoms with E-state index in [1.807, 2.05) is 17.8 Å². The van der Waals surface area contributed by atoms with Crippen molar-refractivity contribution in [3.05, 3.63) is 34.9 Å². The van der Waals surface area contributed by atoms with Gasteiger partial charge in [0, 0.05) is 29.0 Å². The standard InChI is InChI=1S/C9H10N4S/c10-9-3-7(1-2-12-9)13-5-8-4-11-6-14-8/h1-4,6H,5H2,(H3,10,12,13). The topological polar surface area (TPSA) is 63.8 Å². The van der Waals surface area contributed by atoms with Gasteiger partial charge in [0.05, 0.1) is 12.1 Å². The van der Waals surface area contributed by atoms with Gasteiger partial charge in [0.1, 0.15) is 5.82 Å². The number of hydrogen-bond acceptors (Lipinski definition) is 5. The van der Waals surface area contributed by atoms with E-state index in [-0.39, 0.29) is 0 Å². The number of aromatic nitrogens is 2. The lowest BCUT2D eigenvalue weighted by Crippen LogP contribution is -1.98. The first-order chi connectivity index (χ1) is 6.84. The summed E-state index contributed by atoms with van der Waals surface area (Å²) in [6.07, 6.45) is 3.53. The van der Waals surface area contributed by atoms with Crippen LogP contribution < -0.4 is 11.1 Å². The van der Waals surface area contributed by atoms with E-state index in [0.717, 1.165) is 12.2 Å². The molecule has 0 aliphatic rings. The van der Waals surface area contributed by atoms with Gasteiger partial charge in [-0.1, -0.05) is 0 Å². The summed E-state index contributed by atoms with van der Waals surface area (Å²) in [4.78, 5) is 9.10. The van der Waals surface area contributed by atoms with Crippen LogP contribution in [0.3, 0.4) is 0 Å². The zero-order valence-corrected chi connectivity index (χ0v) is 8.29. The number of hydrogen-bond donors (Lipinski definition) is 2. The van der Waals surface area contributed by atoms with Crippen molar-refractivity contribution in [3.8, 4) is 0 Å². The first kappa shape index (κ1) is 8.96. The maximum absolute atomic E-state index is 5.55. The molecule has 2 rings (SSSR count). The van der Waals surface area contributed by atoms with Gasteiger partial charge >= 0.3 is 0 Å². The number of nitrogens with zero attached hydrogens (tertiary/aromatic N) is 2. The van der Waals surface area contributed by atoms with Crippen molar-refractivity contribution in [2.24, 2.45) is 0 Å². The molecule has 0 fully saturated rings. The minimum atomic E-state index is 0.527. The molecule has 0 bridgehead atoms. The van der Waals surface area contributed by atoms with Crippen LogP contribution in [-0.4, -0.2) is 9.97 Å². The molecule has 0 aromatic carbocycles. The Balaban J connectivity index is 1.98. The van der Waals surface area contributed by atoms with Crippen LogP contribution in [0.15, 0.2) is 30.0 Å². The predicted molar refractivity (Wildman–Crippen MR) is 58.1 cm³/mol. The molecular weight excluding hydrogens is 196 g/mol. The van der Waals surface area contributed by atoms with E-state index in [1.165, 1.54) is 4.88 Å². The van der Waals surface area contributed by atoms with Gasteiger partial charge in [-0.05, 0) is 6.07 Å². The lowest BCUT2D eigenvalue weighted by Gasteiger charge is -2.03. The van der Waals surface area contributed by atoms with E-state index < -0.39 is 0 Å². The van der Waals surface area contributed by atoms with Gasteiger partial charge in [-0.25, -0.2) is 4.98 Å². The normalized spacial score (nSPS) is 10.0. The van der Waals surface area contributed by atoms with Crippen molar-refractivity contribution >= 4 is 22.8 Å². The molecule has 2 aromatic rings.